The Kier molecular flexibility index (Phi) is 4.62. The molecule has 0 aliphatic carbocycles. The molecule has 0 unspecified atom stereocenters. The molecule has 0 atom stereocenters. The molecule has 1 rings (SSSR count). The van der Waals surface area contributed by atoms with Gasteiger partial charge < -0.3 is 9.64 Å². The van der Waals surface area contributed by atoms with E-state index < -0.39 is 0 Å². The van der Waals surface area contributed by atoms with Gasteiger partial charge in [-0.3, -0.25) is 0 Å². The average molecular weight is 216 g/mol. The molecular weight excluding hydrogens is 202 g/mol. The Morgan fingerprint density at radius 1 is 1.57 bits per heavy atom. The first-order chi connectivity index (χ1) is 6.74. The summed E-state index contributed by atoms with van der Waals surface area (Å²) >= 11 is 5.72. The lowest BCUT2D eigenvalue weighted by molar-refractivity contribution is 0.154. The van der Waals surface area contributed by atoms with Gasteiger partial charge in [0.2, 0.25) is 0 Å². The van der Waals surface area contributed by atoms with Crippen LogP contribution in [-0.2, 0) is 4.74 Å². The van der Waals surface area contributed by atoms with Crippen molar-refractivity contribution in [2.75, 3.05) is 31.7 Å². The molecular formula is C9H14ClN3O. The third-order valence-corrected chi connectivity index (χ3v) is 2.01. The normalized spacial score (nSPS) is 10.2. The standard InChI is InChI=1S/C9H14ClN3O/c1-3-14-5-4-13(2)8-6-9(10)12-11-7-8/h6-7H,3-5H2,1-2H3. The number of hydrogen-bond donors (Lipinski definition) is 0. The first-order valence-electron chi connectivity index (χ1n) is 4.51. The van der Waals surface area contributed by atoms with E-state index in [0.29, 0.717) is 11.8 Å². The highest BCUT2D eigenvalue weighted by molar-refractivity contribution is 6.29. The van der Waals surface area contributed by atoms with Crippen molar-refractivity contribution in [2.24, 2.45) is 0 Å². The van der Waals surface area contributed by atoms with E-state index >= 15 is 0 Å². The van der Waals surface area contributed by atoms with Crippen molar-refractivity contribution >= 4 is 17.3 Å². The third kappa shape index (κ3) is 3.47. The summed E-state index contributed by atoms with van der Waals surface area (Å²) in [6.07, 6.45) is 1.68. The number of anilines is 1. The van der Waals surface area contributed by atoms with E-state index in [9.17, 15) is 0 Å². The van der Waals surface area contributed by atoms with Crippen LogP contribution in [0.15, 0.2) is 12.3 Å². The number of hydrogen-bond acceptors (Lipinski definition) is 4. The van der Waals surface area contributed by atoms with Crippen LogP contribution >= 0.6 is 11.6 Å². The summed E-state index contributed by atoms with van der Waals surface area (Å²) in [4.78, 5) is 2.02. The van der Waals surface area contributed by atoms with Gasteiger partial charge in [-0.25, -0.2) is 0 Å². The second-order valence-corrected chi connectivity index (χ2v) is 3.24. The molecule has 0 saturated heterocycles. The zero-order chi connectivity index (χ0) is 10.4. The Balaban J connectivity index is 2.47. The molecule has 1 aromatic heterocycles. The van der Waals surface area contributed by atoms with Crippen molar-refractivity contribution in [2.45, 2.75) is 6.92 Å². The van der Waals surface area contributed by atoms with Gasteiger partial charge in [-0.15, -0.1) is 5.10 Å². The smallest absolute Gasteiger partial charge is 0.153 e. The van der Waals surface area contributed by atoms with Gasteiger partial charge in [-0.05, 0) is 6.92 Å². The summed E-state index contributed by atoms with van der Waals surface area (Å²) in [6.45, 7) is 4.23. The van der Waals surface area contributed by atoms with Gasteiger partial charge in [0.15, 0.2) is 5.15 Å². The van der Waals surface area contributed by atoms with E-state index in [0.717, 1.165) is 18.8 Å². The van der Waals surface area contributed by atoms with Crippen LogP contribution in [0, 0.1) is 0 Å². The lowest BCUT2D eigenvalue weighted by Gasteiger charge is -2.18. The Labute approximate surface area is 88.8 Å². The minimum atomic E-state index is 0.408. The Morgan fingerprint density at radius 3 is 3.00 bits per heavy atom. The van der Waals surface area contributed by atoms with Crippen LogP contribution in [0.3, 0.4) is 0 Å². The lowest BCUT2D eigenvalue weighted by atomic mass is 10.4. The molecule has 0 aromatic carbocycles. The summed E-state index contributed by atoms with van der Waals surface area (Å²) in [5.41, 5.74) is 0.949. The minimum absolute atomic E-state index is 0.408. The van der Waals surface area contributed by atoms with Crippen molar-refractivity contribution in [1.82, 2.24) is 10.2 Å². The fraction of sp³-hybridized carbons (Fsp3) is 0.556. The predicted molar refractivity (Wildman–Crippen MR) is 56.8 cm³/mol. The molecule has 0 aliphatic heterocycles. The topological polar surface area (TPSA) is 38.2 Å². The minimum Gasteiger partial charge on any atom is -0.380 e. The molecule has 4 nitrogen and oxygen atoms in total. The maximum absolute atomic E-state index is 5.72. The molecule has 0 bridgehead atoms. The SMILES string of the molecule is CCOCCN(C)c1cnnc(Cl)c1. The van der Waals surface area contributed by atoms with Gasteiger partial charge in [0, 0.05) is 26.3 Å². The molecule has 0 spiro atoms. The second kappa shape index (κ2) is 5.78. The number of aromatic nitrogens is 2. The van der Waals surface area contributed by atoms with E-state index in [1.54, 1.807) is 12.3 Å². The first-order valence-corrected chi connectivity index (χ1v) is 4.89. The number of halogens is 1. The van der Waals surface area contributed by atoms with Gasteiger partial charge in [-0.1, -0.05) is 11.6 Å². The average Bonchev–Trinajstić information content (AvgIpc) is 2.18. The summed E-state index contributed by atoms with van der Waals surface area (Å²) in [5, 5.41) is 7.85. The molecule has 5 heteroatoms. The molecule has 0 N–H and O–H groups in total. The fourth-order valence-corrected chi connectivity index (χ4v) is 1.17. The van der Waals surface area contributed by atoms with E-state index in [1.807, 2.05) is 18.9 Å². The van der Waals surface area contributed by atoms with Crippen molar-refractivity contribution in [3.05, 3.63) is 17.4 Å². The molecule has 1 heterocycles. The first kappa shape index (κ1) is 11.2. The number of rotatable bonds is 5. The van der Waals surface area contributed by atoms with Gasteiger partial charge in [0.1, 0.15) is 0 Å². The predicted octanol–water partition coefficient (Wildman–Crippen LogP) is 1.60. The van der Waals surface area contributed by atoms with Gasteiger partial charge in [-0.2, -0.15) is 5.10 Å². The van der Waals surface area contributed by atoms with Crippen LogP contribution < -0.4 is 4.90 Å². The summed E-state index contributed by atoms with van der Waals surface area (Å²) in [7, 11) is 1.96. The van der Waals surface area contributed by atoms with Gasteiger partial charge >= 0.3 is 0 Å². The maximum atomic E-state index is 5.72. The summed E-state index contributed by atoms with van der Waals surface area (Å²) in [6, 6.07) is 1.78. The van der Waals surface area contributed by atoms with Crippen LogP contribution in [0.4, 0.5) is 5.69 Å². The zero-order valence-electron chi connectivity index (χ0n) is 8.40. The second-order valence-electron chi connectivity index (χ2n) is 2.85. The van der Waals surface area contributed by atoms with Crippen molar-refractivity contribution in [3.8, 4) is 0 Å². The number of nitrogens with zero attached hydrogens (tertiary/aromatic N) is 3. The number of ether oxygens (including phenoxy) is 1. The zero-order valence-corrected chi connectivity index (χ0v) is 9.16. The Bertz CT molecular complexity index is 283. The van der Waals surface area contributed by atoms with Crippen LogP contribution in [0.1, 0.15) is 6.92 Å². The van der Waals surface area contributed by atoms with Gasteiger partial charge in [0.05, 0.1) is 18.5 Å². The van der Waals surface area contributed by atoms with E-state index in [-0.39, 0.29) is 0 Å². The Morgan fingerprint density at radius 2 is 2.36 bits per heavy atom. The monoisotopic (exact) mass is 215 g/mol. The molecule has 78 valence electrons. The summed E-state index contributed by atoms with van der Waals surface area (Å²) in [5.74, 6) is 0. The lowest BCUT2D eigenvalue weighted by Crippen LogP contribution is -2.22. The Hall–Kier alpha value is -0.870. The van der Waals surface area contributed by atoms with Crippen molar-refractivity contribution in [3.63, 3.8) is 0 Å². The fourth-order valence-electron chi connectivity index (χ4n) is 1.02. The van der Waals surface area contributed by atoms with Crippen molar-refractivity contribution < 1.29 is 4.74 Å². The largest absolute Gasteiger partial charge is 0.380 e. The molecule has 1 aromatic rings. The van der Waals surface area contributed by atoms with Gasteiger partial charge in [0.25, 0.3) is 0 Å². The van der Waals surface area contributed by atoms with E-state index in [4.69, 9.17) is 16.3 Å². The maximum Gasteiger partial charge on any atom is 0.153 e. The van der Waals surface area contributed by atoms with E-state index in [1.165, 1.54) is 0 Å². The highest BCUT2D eigenvalue weighted by atomic mass is 35.5. The molecule has 0 aliphatic rings. The van der Waals surface area contributed by atoms with E-state index in [2.05, 4.69) is 10.2 Å². The molecule has 14 heavy (non-hydrogen) atoms. The molecule has 0 fully saturated rings. The van der Waals surface area contributed by atoms with Crippen LogP contribution in [0.25, 0.3) is 0 Å². The van der Waals surface area contributed by atoms with Crippen molar-refractivity contribution in [1.29, 1.82) is 0 Å². The quantitative estimate of drug-likeness (QED) is 0.700. The van der Waals surface area contributed by atoms with Crippen LogP contribution in [0.5, 0.6) is 0 Å². The number of likely N-dealkylation sites (N-methyl/N-ethyl adjacent to an activating group) is 1. The van der Waals surface area contributed by atoms with Crippen LogP contribution in [0.2, 0.25) is 5.15 Å². The summed E-state index contributed by atoms with van der Waals surface area (Å²) < 4.78 is 5.25. The molecule has 0 radical (unpaired) electrons. The molecule has 0 saturated carbocycles. The highest BCUT2D eigenvalue weighted by Gasteiger charge is 2.01. The van der Waals surface area contributed by atoms with Crippen LogP contribution in [-0.4, -0.2) is 37.0 Å². The third-order valence-electron chi connectivity index (χ3n) is 1.83. The molecule has 0 amide bonds. The highest BCUT2D eigenvalue weighted by Crippen LogP contribution is 2.13.